The molecule has 1 rings (SSSR count). The van der Waals surface area contributed by atoms with Crippen LogP contribution in [0.25, 0.3) is 0 Å². The van der Waals surface area contributed by atoms with Gasteiger partial charge in [-0.05, 0) is 24.5 Å². The van der Waals surface area contributed by atoms with Gasteiger partial charge < -0.3 is 4.74 Å². The molecule has 1 unspecified atom stereocenters. The van der Waals surface area contributed by atoms with Crippen LogP contribution in [0.3, 0.4) is 0 Å². The van der Waals surface area contributed by atoms with E-state index in [0.29, 0.717) is 5.92 Å². The van der Waals surface area contributed by atoms with Crippen LogP contribution in [0, 0.1) is 5.92 Å². The summed E-state index contributed by atoms with van der Waals surface area (Å²) in [6, 6.07) is 5.84. The normalized spacial score (nSPS) is 12.4. The summed E-state index contributed by atoms with van der Waals surface area (Å²) in [7, 11) is 0. The average molecular weight is 334 g/mol. The summed E-state index contributed by atoms with van der Waals surface area (Å²) in [6.45, 7) is 5.25. The molecule has 0 radical (unpaired) electrons. The van der Waals surface area contributed by atoms with Crippen molar-refractivity contribution in [3.63, 3.8) is 0 Å². The highest BCUT2D eigenvalue weighted by Crippen LogP contribution is 2.29. The summed E-state index contributed by atoms with van der Waals surface area (Å²) in [5.41, 5.74) is 1.05. The first-order valence-electron chi connectivity index (χ1n) is 6.69. The molecule has 18 heavy (non-hydrogen) atoms. The molecule has 0 saturated heterocycles. The van der Waals surface area contributed by atoms with Gasteiger partial charge in [0.2, 0.25) is 0 Å². The van der Waals surface area contributed by atoms with Gasteiger partial charge >= 0.3 is 0 Å². The van der Waals surface area contributed by atoms with Gasteiger partial charge in [-0.3, -0.25) is 0 Å². The molecule has 0 spiro atoms. The van der Waals surface area contributed by atoms with Gasteiger partial charge in [-0.2, -0.15) is 0 Å². The van der Waals surface area contributed by atoms with E-state index in [-0.39, 0.29) is 0 Å². The fourth-order valence-electron chi connectivity index (χ4n) is 1.91. The largest absolute Gasteiger partial charge is 0.493 e. The Kier molecular flexibility index (Phi) is 7.76. The van der Waals surface area contributed by atoms with Crippen molar-refractivity contribution in [1.82, 2.24) is 0 Å². The van der Waals surface area contributed by atoms with Crippen molar-refractivity contribution in [3.8, 4) is 5.75 Å². The van der Waals surface area contributed by atoms with Gasteiger partial charge in [-0.1, -0.05) is 66.7 Å². The molecule has 0 fully saturated rings. The molecular weight excluding hydrogens is 312 g/mol. The zero-order valence-electron chi connectivity index (χ0n) is 11.2. The Morgan fingerprint density at radius 3 is 2.72 bits per heavy atom. The van der Waals surface area contributed by atoms with Crippen LogP contribution in [0.1, 0.15) is 45.1 Å². The van der Waals surface area contributed by atoms with Crippen molar-refractivity contribution in [1.29, 1.82) is 0 Å². The molecule has 0 saturated carbocycles. The topological polar surface area (TPSA) is 9.23 Å². The maximum atomic E-state index is 6.15. The van der Waals surface area contributed by atoms with Crippen molar-refractivity contribution in [3.05, 3.63) is 28.8 Å². The minimum atomic E-state index is 0.645. The van der Waals surface area contributed by atoms with E-state index < -0.39 is 0 Å². The van der Waals surface area contributed by atoms with Crippen LogP contribution in [0.2, 0.25) is 5.02 Å². The molecule has 0 aliphatic carbocycles. The summed E-state index contributed by atoms with van der Waals surface area (Å²) >= 11 is 9.61. The van der Waals surface area contributed by atoms with Gasteiger partial charge in [0.05, 0.1) is 6.61 Å². The van der Waals surface area contributed by atoms with Gasteiger partial charge in [-0.15, -0.1) is 0 Å². The number of halogens is 2. The monoisotopic (exact) mass is 332 g/mol. The van der Waals surface area contributed by atoms with Crippen LogP contribution < -0.4 is 4.74 Å². The molecule has 0 amide bonds. The Balaban J connectivity index is 2.59. The van der Waals surface area contributed by atoms with Gasteiger partial charge in [0.15, 0.2) is 0 Å². The molecular formula is C15H22BrClO. The maximum Gasteiger partial charge on any atom is 0.124 e. The predicted molar refractivity (Wildman–Crippen MR) is 82.9 cm³/mol. The summed E-state index contributed by atoms with van der Waals surface area (Å²) in [5.74, 6) is 1.56. The molecule has 1 aromatic carbocycles. The molecule has 0 aromatic heterocycles. The van der Waals surface area contributed by atoms with Gasteiger partial charge in [0.1, 0.15) is 5.75 Å². The standard InChI is InChI=1S/C15H22BrClO/c1-3-5-7-12(4-2)11-18-15-9-6-8-14(17)13(15)10-16/h6,8-9,12H,3-5,7,10-11H2,1-2H3. The number of rotatable bonds is 8. The highest BCUT2D eigenvalue weighted by molar-refractivity contribution is 9.08. The molecule has 0 N–H and O–H groups in total. The Bertz CT molecular complexity index is 354. The Morgan fingerprint density at radius 2 is 2.11 bits per heavy atom. The molecule has 0 heterocycles. The maximum absolute atomic E-state index is 6.15. The van der Waals surface area contributed by atoms with E-state index >= 15 is 0 Å². The second kappa shape index (κ2) is 8.82. The first-order chi connectivity index (χ1) is 8.72. The van der Waals surface area contributed by atoms with Crippen LogP contribution in [0.5, 0.6) is 5.75 Å². The third-order valence-electron chi connectivity index (χ3n) is 3.23. The zero-order valence-corrected chi connectivity index (χ0v) is 13.6. The minimum Gasteiger partial charge on any atom is -0.493 e. The molecule has 0 bridgehead atoms. The highest BCUT2D eigenvalue weighted by atomic mass is 79.9. The average Bonchev–Trinajstić information content (AvgIpc) is 2.39. The Hall–Kier alpha value is -0.210. The van der Waals surface area contributed by atoms with E-state index in [1.54, 1.807) is 0 Å². The highest BCUT2D eigenvalue weighted by Gasteiger charge is 2.10. The Labute approximate surface area is 124 Å². The van der Waals surface area contributed by atoms with Crippen LogP contribution in [-0.4, -0.2) is 6.61 Å². The predicted octanol–water partition coefficient (Wildman–Crippen LogP) is 5.83. The van der Waals surface area contributed by atoms with Crippen molar-refractivity contribution < 1.29 is 4.74 Å². The number of benzene rings is 1. The number of hydrogen-bond donors (Lipinski definition) is 0. The Morgan fingerprint density at radius 1 is 1.33 bits per heavy atom. The lowest BCUT2D eigenvalue weighted by Gasteiger charge is -2.17. The van der Waals surface area contributed by atoms with Crippen LogP contribution in [0.4, 0.5) is 0 Å². The van der Waals surface area contributed by atoms with Gasteiger partial charge in [0, 0.05) is 15.9 Å². The molecule has 0 aliphatic rings. The number of alkyl halides is 1. The minimum absolute atomic E-state index is 0.645. The van der Waals surface area contributed by atoms with E-state index in [1.807, 2.05) is 18.2 Å². The lowest BCUT2D eigenvalue weighted by molar-refractivity contribution is 0.232. The third kappa shape index (κ3) is 4.81. The molecule has 1 atom stereocenters. The zero-order chi connectivity index (χ0) is 13.4. The second-order valence-corrected chi connectivity index (χ2v) is 5.55. The van der Waals surface area contributed by atoms with Crippen molar-refractivity contribution in [2.75, 3.05) is 6.61 Å². The summed E-state index contributed by atoms with van der Waals surface area (Å²) in [5, 5.41) is 1.50. The van der Waals surface area contributed by atoms with Crippen molar-refractivity contribution >= 4 is 27.5 Å². The summed E-state index contributed by atoms with van der Waals surface area (Å²) in [6.07, 6.45) is 4.95. The lowest BCUT2D eigenvalue weighted by Crippen LogP contribution is -2.12. The van der Waals surface area contributed by atoms with E-state index in [1.165, 1.54) is 25.7 Å². The number of unbranched alkanes of at least 4 members (excludes halogenated alkanes) is 1. The molecule has 1 nitrogen and oxygen atoms in total. The molecule has 1 aromatic rings. The molecule has 102 valence electrons. The van der Waals surface area contributed by atoms with Gasteiger partial charge in [0.25, 0.3) is 0 Å². The third-order valence-corrected chi connectivity index (χ3v) is 4.14. The first-order valence-corrected chi connectivity index (χ1v) is 8.19. The van der Waals surface area contributed by atoms with Crippen LogP contribution in [0.15, 0.2) is 18.2 Å². The molecule has 3 heteroatoms. The fraction of sp³-hybridized carbons (Fsp3) is 0.600. The van der Waals surface area contributed by atoms with E-state index in [2.05, 4.69) is 29.8 Å². The fourth-order valence-corrected chi connectivity index (χ4v) is 2.88. The number of hydrogen-bond acceptors (Lipinski definition) is 1. The van der Waals surface area contributed by atoms with Gasteiger partial charge in [-0.25, -0.2) is 0 Å². The lowest BCUT2D eigenvalue weighted by atomic mass is 10.0. The van der Waals surface area contributed by atoms with E-state index in [9.17, 15) is 0 Å². The SMILES string of the molecule is CCCCC(CC)COc1cccc(Cl)c1CBr. The first kappa shape index (κ1) is 15.8. The number of ether oxygens (including phenoxy) is 1. The van der Waals surface area contributed by atoms with Crippen LogP contribution >= 0.6 is 27.5 Å². The van der Waals surface area contributed by atoms with E-state index in [0.717, 1.165) is 28.3 Å². The van der Waals surface area contributed by atoms with Crippen molar-refractivity contribution in [2.45, 2.75) is 44.9 Å². The van der Waals surface area contributed by atoms with E-state index in [4.69, 9.17) is 16.3 Å². The quantitative estimate of drug-likeness (QED) is 0.544. The van der Waals surface area contributed by atoms with Crippen LogP contribution in [-0.2, 0) is 5.33 Å². The van der Waals surface area contributed by atoms with Crippen molar-refractivity contribution in [2.24, 2.45) is 5.92 Å². The summed E-state index contributed by atoms with van der Waals surface area (Å²) in [4.78, 5) is 0. The molecule has 0 aliphatic heterocycles. The second-order valence-electron chi connectivity index (χ2n) is 4.58. The summed E-state index contributed by atoms with van der Waals surface area (Å²) < 4.78 is 5.94. The smallest absolute Gasteiger partial charge is 0.124 e.